The number of sulfone groups is 1. The van der Waals surface area contributed by atoms with Crippen LogP contribution in [0.4, 0.5) is 5.69 Å². The molecule has 0 atom stereocenters. The van der Waals surface area contributed by atoms with Crippen LogP contribution in [0, 0.1) is 0 Å². The fraction of sp³-hybridized carbons (Fsp3) is 0.130. The number of carbonyl (C=O) groups is 2. The lowest BCUT2D eigenvalue weighted by Gasteiger charge is -2.11. The summed E-state index contributed by atoms with van der Waals surface area (Å²) in [6, 6.07) is 19.1. The van der Waals surface area contributed by atoms with Crippen molar-refractivity contribution >= 4 is 37.4 Å². The summed E-state index contributed by atoms with van der Waals surface area (Å²) in [5.41, 5.74) is 4.56. The van der Waals surface area contributed by atoms with Gasteiger partial charge in [-0.2, -0.15) is 0 Å². The molecule has 0 aliphatic heterocycles. The first-order valence-electron chi connectivity index (χ1n) is 10.2. The second-order valence-electron chi connectivity index (χ2n) is 7.25. The summed E-state index contributed by atoms with van der Waals surface area (Å²) < 4.78 is 57.3. The number of methoxy groups -OCH3 is 1. The Hall–Kier alpha value is -3.90. The molecule has 0 unspecified atom stereocenters. The summed E-state index contributed by atoms with van der Waals surface area (Å²) in [7, 11) is -6.16. The zero-order valence-electron chi connectivity index (χ0n) is 18.6. The number of carbonyl (C=O) groups excluding carboxylic acids is 2. The summed E-state index contributed by atoms with van der Waals surface area (Å²) in [6.45, 7) is 0. The van der Waals surface area contributed by atoms with Crippen molar-refractivity contribution in [2.75, 3.05) is 17.6 Å². The van der Waals surface area contributed by atoms with Gasteiger partial charge in [0, 0.05) is 17.7 Å². The fourth-order valence-electron chi connectivity index (χ4n) is 2.91. The van der Waals surface area contributed by atoms with Crippen LogP contribution >= 0.6 is 0 Å². The van der Waals surface area contributed by atoms with Gasteiger partial charge in [-0.15, -0.1) is 0 Å². The van der Waals surface area contributed by atoms with Crippen molar-refractivity contribution in [1.29, 1.82) is 0 Å². The predicted octanol–water partition coefficient (Wildman–Crippen LogP) is 2.12. The molecular weight excluding hydrogens is 494 g/mol. The predicted molar refractivity (Wildman–Crippen MR) is 129 cm³/mol. The highest BCUT2D eigenvalue weighted by molar-refractivity contribution is 7.92. The Morgan fingerprint density at radius 3 is 2.11 bits per heavy atom. The maximum atomic E-state index is 12.7. The summed E-state index contributed by atoms with van der Waals surface area (Å²) >= 11 is 0. The van der Waals surface area contributed by atoms with Crippen molar-refractivity contribution in [3.05, 3.63) is 84.4 Å². The zero-order valence-corrected chi connectivity index (χ0v) is 20.2. The molecule has 3 N–H and O–H groups in total. The Labute approximate surface area is 203 Å². The molecule has 0 saturated carbocycles. The maximum absolute atomic E-state index is 12.7. The van der Waals surface area contributed by atoms with E-state index >= 15 is 0 Å². The number of hydrogen-bond donors (Lipinski definition) is 3. The third-order valence-electron chi connectivity index (χ3n) is 4.76. The highest BCUT2D eigenvalue weighted by atomic mass is 32.2. The van der Waals surface area contributed by atoms with Crippen LogP contribution in [0.2, 0.25) is 0 Å². The number of amides is 2. The lowest BCUT2D eigenvalue weighted by molar-refractivity contribution is -0.121. The van der Waals surface area contributed by atoms with Crippen molar-refractivity contribution in [3.63, 3.8) is 0 Å². The monoisotopic (exact) mass is 517 g/mol. The number of ether oxygens (including phenoxy) is 1. The van der Waals surface area contributed by atoms with E-state index < -0.39 is 37.4 Å². The van der Waals surface area contributed by atoms with Crippen LogP contribution in [0.5, 0.6) is 5.75 Å². The van der Waals surface area contributed by atoms with E-state index in [0.717, 1.165) is 6.07 Å². The van der Waals surface area contributed by atoms with E-state index in [1.165, 1.54) is 49.6 Å². The van der Waals surface area contributed by atoms with E-state index in [9.17, 15) is 26.4 Å². The first-order valence-corrected chi connectivity index (χ1v) is 13.4. The molecule has 0 aliphatic carbocycles. The van der Waals surface area contributed by atoms with Crippen molar-refractivity contribution in [2.24, 2.45) is 0 Å². The Balaban J connectivity index is 1.58. The first kappa shape index (κ1) is 25.7. The van der Waals surface area contributed by atoms with Crippen LogP contribution in [0.25, 0.3) is 0 Å². The minimum atomic E-state index is -4.00. The highest BCUT2D eigenvalue weighted by Crippen LogP contribution is 2.20. The standard InChI is InChI=1S/C23H23N3O7S2/c1-33-19-12-10-18(11-13-19)26-35(31,32)21-9-5-6-17(16-21)23(28)25-24-22(27)14-15-34(29,30)20-7-3-2-4-8-20/h2-13,16,26H,14-15H2,1H3,(H,24,27)(H,25,28). The average molecular weight is 518 g/mol. The van der Waals surface area contributed by atoms with Crippen LogP contribution in [0.1, 0.15) is 16.8 Å². The molecule has 12 heteroatoms. The molecule has 0 saturated heterocycles. The van der Waals surface area contributed by atoms with Gasteiger partial charge in [-0.05, 0) is 54.6 Å². The molecule has 3 aromatic carbocycles. The number of benzene rings is 3. The molecule has 0 aliphatic rings. The van der Waals surface area contributed by atoms with Gasteiger partial charge in [0.25, 0.3) is 15.9 Å². The molecule has 0 fully saturated rings. The molecule has 0 aromatic heterocycles. The van der Waals surface area contributed by atoms with E-state index in [-0.39, 0.29) is 21.8 Å². The molecule has 0 spiro atoms. The number of hydrazine groups is 1. The van der Waals surface area contributed by atoms with Crippen molar-refractivity contribution in [1.82, 2.24) is 10.9 Å². The fourth-order valence-corrected chi connectivity index (χ4v) is 5.28. The second-order valence-corrected chi connectivity index (χ2v) is 11.0. The largest absolute Gasteiger partial charge is 0.497 e. The van der Waals surface area contributed by atoms with E-state index in [1.807, 2.05) is 0 Å². The van der Waals surface area contributed by atoms with Crippen LogP contribution in [0.3, 0.4) is 0 Å². The van der Waals surface area contributed by atoms with Crippen LogP contribution in [-0.4, -0.2) is 41.5 Å². The van der Waals surface area contributed by atoms with Crippen molar-refractivity contribution < 1.29 is 31.2 Å². The number of sulfonamides is 1. The molecule has 35 heavy (non-hydrogen) atoms. The molecule has 2 amide bonds. The Morgan fingerprint density at radius 2 is 1.46 bits per heavy atom. The number of nitrogens with one attached hydrogen (secondary N) is 3. The van der Waals surface area contributed by atoms with E-state index in [0.29, 0.717) is 11.4 Å². The van der Waals surface area contributed by atoms with Gasteiger partial charge in [-0.1, -0.05) is 24.3 Å². The highest BCUT2D eigenvalue weighted by Gasteiger charge is 2.18. The molecule has 3 rings (SSSR count). The number of rotatable bonds is 9. The molecule has 184 valence electrons. The molecule has 0 bridgehead atoms. The molecule has 0 radical (unpaired) electrons. The Morgan fingerprint density at radius 1 is 0.800 bits per heavy atom. The van der Waals surface area contributed by atoms with Crippen LogP contribution in [0.15, 0.2) is 88.7 Å². The van der Waals surface area contributed by atoms with Crippen LogP contribution < -0.4 is 20.3 Å². The molecular formula is C23H23N3O7S2. The third-order valence-corrected chi connectivity index (χ3v) is 7.88. The second kappa shape index (κ2) is 11.0. The van der Waals surface area contributed by atoms with E-state index in [4.69, 9.17) is 4.74 Å². The van der Waals surface area contributed by atoms with E-state index in [1.54, 1.807) is 30.3 Å². The van der Waals surface area contributed by atoms with Gasteiger partial charge in [0.2, 0.25) is 5.91 Å². The first-order chi connectivity index (χ1) is 16.6. The summed E-state index contributed by atoms with van der Waals surface area (Å²) in [4.78, 5) is 24.4. The third kappa shape index (κ3) is 7.04. The minimum absolute atomic E-state index is 0.0280. The normalized spacial score (nSPS) is 11.3. The zero-order chi connectivity index (χ0) is 25.5. The minimum Gasteiger partial charge on any atom is -0.497 e. The molecule has 10 nitrogen and oxygen atoms in total. The lowest BCUT2D eigenvalue weighted by Crippen LogP contribution is -2.42. The topological polar surface area (TPSA) is 148 Å². The van der Waals surface area contributed by atoms with Gasteiger partial charge in [-0.25, -0.2) is 16.8 Å². The van der Waals surface area contributed by atoms with E-state index in [2.05, 4.69) is 15.6 Å². The summed E-state index contributed by atoms with van der Waals surface area (Å²) in [6.07, 6.45) is -0.377. The molecule has 0 heterocycles. The van der Waals surface area contributed by atoms with Gasteiger partial charge in [0.1, 0.15) is 5.75 Å². The van der Waals surface area contributed by atoms with Crippen LogP contribution in [-0.2, 0) is 24.7 Å². The summed E-state index contributed by atoms with van der Waals surface area (Å²) in [5.74, 6) is -1.37. The SMILES string of the molecule is COc1ccc(NS(=O)(=O)c2cccc(C(=O)NNC(=O)CCS(=O)(=O)c3ccccc3)c2)cc1. The van der Waals surface area contributed by atoms with Crippen molar-refractivity contribution in [3.8, 4) is 5.75 Å². The van der Waals surface area contributed by atoms with Gasteiger partial charge in [0.05, 0.1) is 22.7 Å². The smallest absolute Gasteiger partial charge is 0.269 e. The molecule has 3 aromatic rings. The quantitative estimate of drug-likeness (QED) is 0.368. The number of anilines is 1. The van der Waals surface area contributed by atoms with Gasteiger partial charge in [0.15, 0.2) is 9.84 Å². The Bertz CT molecular complexity index is 1410. The lowest BCUT2D eigenvalue weighted by atomic mass is 10.2. The Kier molecular flexibility index (Phi) is 8.10. The average Bonchev–Trinajstić information content (AvgIpc) is 2.87. The van der Waals surface area contributed by atoms with Crippen molar-refractivity contribution in [2.45, 2.75) is 16.2 Å². The van der Waals surface area contributed by atoms with Gasteiger partial charge in [-0.3, -0.25) is 25.2 Å². The summed E-state index contributed by atoms with van der Waals surface area (Å²) in [5, 5.41) is 0. The number of hydrogen-bond acceptors (Lipinski definition) is 7. The van der Waals surface area contributed by atoms with Gasteiger partial charge >= 0.3 is 0 Å². The van der Waals surface area contributed by atoms with Gasteiger partial charge < -0.3 is 4.74 Å². The maximum Gasteiger partial charge on any atom is 0.269 e.